The number of hydrogen-bond donors (Lipinski definition) is 1. The Kier molecular flexibility index (Phi) is 3.62. The van der Waals surface area contributed by atoms with Crippen LogP contribution < -0.4 is 0 Å². The van der Waals surface area contributed by atoms with Crippen LogP contribution in [0.5, 0.6) is 0 Å². The molecule has 0 bridgehead atoms. The van der Waals surface area contributed by atoms with Crippen molar-refractivity contribution in [1.82, 2.24) is 4.57 Å². The lowest BCUT2D eigenvalue weighted by Crippen LogP contribution is -2.42. The second kappa shape index (κ2) is 5.60. The second-order valence-corrected chi connectivity index (χ2v) is 7.23. The minimum atomic E-state index is -0.706. The summed E-state index contributed by atoms with van der Waals surface area (Å²) in [4.78, 5) is 24.8. The van der Waals surface area contributed by atoms with E-state index in [0.29, 0.717) is 23.6 Å². The van der Waals surface area contributed by atoms with Gasteiger partial charge in [0.1, 0.15) is 16.9 Å². The highest BCUT2D eigenvalue weighted by Gasteiger charge is 2.49. The Morgan fingerprint density at radius 1 is 1.08 bits per heavy atom. The van der Waals surface area contributed by atoms with Crippen LogP contribution in [0.25, 0.3) is 11.3 Å². The van der Waals surface area contributed by atoms with Gasteiger partial charge in [-0.2, -0.15) is 0 Å². The van der Waals surface area contributed by atoms with Crippen molar-refractivity contribution in [2.75, 3.05) is 0 Å². The number of aliphatic hydroxyl groups excluding tert-OH is 1. The zero-order valence-electron chi connectivity index (χ0n) is 13.9. The maximum Gasteiger partial charge on any atom is 0.216 e. The molecule has 1 aromatic heterocycles. The number of fused-ring (bicyclic) bond motifs is 2. The number of rotatable bonds is 2. The topological polar surface area (TPSA) is 59.3 Å². The van der Waals surface area contributed by atoms with E-state index in [1.807, 2.05) is 22.8 Å². The van der Waals surface area contributed by atoms with Crippen molar-refractivity contribution >= 4 is 23.2 Å². The number of carbonyl (C=O) groups is 2. The summed E-state index contributed by atoms with van der Waals surface area (Å²) < 4.78 is 1.94. The van der Waals surface area contributed by atoms with Gasteiger partial charge in [0, 0.05) is 10.7 Å². The van der Waals surface area contributed by atoms with Gasteiger partial charge in [-0.25, -0.2) is 0 Å². The van der Waals surface area contributed by atoms with Gasteiger partial charge in [-0.1, -0.05) is 36.6 Å². The number of allylic oxidation sites excluding steroid dienone is 2. The summed E-state index contributed by atoms with van der Waals surface area (Å²) in [5, 5.41) is 11.6. The molecule has 1 N–H and O–H groups in total. The van der Waals surface area contributed by atoms with E-state index in [4.69, 9.17) is 11.6 Å². The highest BCUT2D eigenvalue weighted by atomic mass is 35.5. The highest BCUT2D eigenvalue weighted by molar-refractivity contribution is 6.30. The molecule has 4 rings (SSSR count). The molecule has 2 heterocycles. The van der Waals surface area contributed by atoms with Crippen LogP contribution in [0, 0.1) is 0 Å². The van der Waals surface area contributed by atoms with Crippen LogP contribution in [0.2, 0.25) is 5.02 Å². The molecular weight excluding hydrogens is 338 g/mol. The Labute approximate surface area is 150 Å². The lowest BCUT2D eigenvalue weighted by molar-refractivity contribution is -0.113. The summed E-state index contributed by atoms with van der Waals surface area (Å²) in [6.07, 6.45) is 3.32. The normalized spacial score (nSPS) is 18.7. The van der Waals surface area contributed by atoms with E-state index in [2.05, 4.69) is 0 Å². The molecule has 128 valence electrons. The van der Waals surface area contributed by atoms with Gasteiger partial charge in [0.2, 0.25) is 5.78 Å². The molecule has 1 aliphatic carbocycles. The molecule has 0 amide bonds. The van der Waals surface area contributed by atoms with E-state index in [1.54, 1.807) is 18.2 Å². The number of halogens is 1. The Hall–Kier alpha value is -2.33. The molecule has 1 spiro atoms. The van der Waals surface area contributed by atoms with E-state index in [-0.39, 0.29) is 17.1 Å². The van der Waals surface area contributed by atoms with Gasteiger partial charge < -0.3 is 9.67 Å². The van der Waals surface area contributed by atoms with Crippen LogP contribution in [0.3, 0.4) is 0 Å². The van der Waals surface area contributed by atoms with E-state index < -0.39 is 11.3 Å². The van der Waals surface area contributed by atoms with Crippen molar-refractivity contribution in [1.29, 1.82) is 0 Å². The van der Waals surface area contributed by atoms with Gasteiger partial charge in [0.25, 0.3) is 0 Å². The fourth-order valence-electron chi connectivity index (χ4n) is 4.24. The van der Waals surface area contributed by atoms with Crippen molar-refractivity contribution in [2.45, 2.75) is 38.1 Å². The Balaban J connectivity index is 1.99. The molecule has 1 saturated carbocycles. The first-order chi connectivity index (χ1) is 12.0. The number of hydrogen-bond acceptors (Lipinski definition) is 3. The van der Waals surface area contributed by atoms with Crippen molar-refractivity contribution in [3.63, 3.8) is 0 Å². The zero-order valence-corrected chi connectivity index (χ0v) is 14.6. The molecule has 1 aromatic carbocycles. The Bertz CT molecular complexity index is 915. The lowest BCUT2D eigenvalue weighted by Gasteiger charge is -2.38. The van der Waals surface area contributed by atoms with Gasteiger partial charge in [-0.3, -0.25) is 9.59 Å². The third-order valence-corrected chi connectivity index (χ3v) is 5.62. The minimum Gasteiger partial charge on any atom is -0.509 e. The number of aliphatic hydroxyl groups is 1. The molecule has 0 atom stereocenters. The third kappa shape index (κ3) is 2.20. The number of Topliss-reactive ketones (excluding diaryl/α,β-unsaturated/α-hetero) is 2. The first-order valence-corrected chi connectivity index (χ1v) is 8.81. The number of benzene rings is 1. The largest absolute Gasteiger partial charge is 0.509 e. The Morgan fingerprint density at radius 2 is 1.68 bits per heavy atom. The minimum absolute atomic E-state index is 0.0600. The summed E-state index contributed by atoms with van der Waals surface area (Å²) in [6.45, 7) is 1.34. The molecule has 0 radical (unpaired) electrons. The van der Waals surface area contributed by atoms with Crippen LogP contribution >= 0.6 is 11.6 Å². The molecule has 1 fully saturated rings. The highest BCUT2D eigenvalue weighted by Crippen LogP contribution is 2.49. The van der Waals surface area contributed by atoms with Crippen molar-refractivity contribution in [3.8, 4) is 11.3 Å². The lowest BCUT2D eigenvalue weighted by atomic mass is 9.84. The smallest absolute Gasteiger partial charge is 0.216 e. The van der Waals surface area contributed by atoms with Crippen molar-refractivity contribution < 1.29 is 14.7 Å². The van der Waals surface area contributed by atoms with E-state index in [9.17, 15) is 14.7 Å². The van der Waals surface area contributed by atoms with Crippen LogP contribution in [0.15, 0.2) is 47.7 Å². The number of carbonyl (C=O) groups excluding carboxylic acids is 2. The number of aromatic nitrogens is 1. The average Bonchev–Trinajstić information content (AvgIpc) is 3.22. The summed E-state index contributed by atoms with van der Waals surface area (Å²) in [5.74, 6) is -0.849. The van der Waals surface area contributed by atoms with Gasteiger partial charge in [0.05, 0.1) is 5.69 Å². The average molecular weight is 356 g/mol. The van der Waals surface area contributed by atoms with E-state index in [1.165, 1.54) is 6.92 Å². The second-order valence-electron chi connectivity index (χ2n) is 6.79. The van der Waals surface area contributed by atoms with Crippen LogP contribution in [0.1, 0.15) is 43.1 Å². The fraction of sp³-hybridized carbons (Fsp3) is 0.300. The fourth-order valence-corrected chi connectivity index (χ4v) is 4.37. The predicted molar refractivity (Wildman–Crippen MR) is 96.0 cm³/mol. The monoisotopic (exact) mass is 355 g/mol. The standard InChI is InChI=1S/C20H18ClNO3/c1-12(23)17-18(24)16-9-8-15(13-4-6-14(21)7-5-13)22(16)20(19(17)25)10-2-3-11-20/h4-9,25H,2-3,10-11H2,1H3. The SMILES string of the molecule is CC(=O)C1=C(O)C2(CCCC2)n2c(ccc2-c2ccc(Cl)cc2)C1=O. The number of ketones is 2. The molecule has 2 aliphatic rings. The van der Waals surface area contributed by atoms with Crippen LogP contribution in [-0.2, 0) is 10.3 Å². The van der Waals surface area contributed by atoms with Gasteiger partial charge >= 0.3 is 0 Å². The zero-order chi connectivity index (χ0) is 17.8. The first kappa shape index (κ1) is 16.2. The summed E-state index contributed by atoms with van der Waals surface area (Å²) in [5.41, 5.74) is 1.48. The van der Waals surface area contributed by atoms with Gasteiger partial charge in [-0.05, 0) is 49.6 Å². The van der Waals surface area contributed by atoms with Crippen molar-refractivity contribution in [3.05, 3.63) is 58.4 Å². The maximum atomic E-state index is 12.8. The summed E-state index contributed by atoms with van der Waals surface area (Å²) >= 11 is 5.99. The molecule has 2 aromatic rings. The van der Waals surface area contributed by atoms with E-state index in [0.717, 1.165) is 24.1 Å². The van der Waals surface area contributed by atoms with E-state index >= 15 is 0 Å². The van der Waals surface area contributed by atoms with Gasteiger partial charge in [-0.15, -0.1) is 0 Å². The summed E-state index contributed by atoms with van der Waals surface area (Å²) in [6, 6.07) is 11.0. The molecular formula is C20H18ClNO3. The number of nitrogens with zero attached hydrogens (tertiary/aromatic N) is 1. The molecule has 0 unspecified atom stereocenters. The predicted octanol–water partition coefficient (Wildman–Crippen LogP) is 4.68. The Morgan fingerprint density at radius 3 is 2.28 bits per heavy atom. The quantitative estimate of drug-likeness (QED) is 0.796. The van der Waals surface area contributed by atoms with Gasteiger partial charge in [0.15, 0.2) is 5.78 Å². The summed E-state index contributed by atoms with van der Waals surface area (Å²) in [7, 11) is 0. The van der Waals surface area contributed by atoms with Crippen LogP contribution in [0.4, 0.5) is 0 Å². The van der Waals surface area contributed by atoms with Crippen LogP contribution in [-0.4, -0.2) is 21.2 Å². The van der Waals surface area contributed by atoms with Crippen molar-refractivity contribution in [2.24, 2.45) is 0 Å². The molecule has 0 saturated heterocycles. The first-order valence-electron chi connectivity index (χ1n) is 8.43. The maximum absolute atomic E-state index is 12.8. The molecule has 1 aliphatic heterocycles. The molecule has 4 nitrogen and oxygen atoms in total. The molecule has 25 heavy (non-hydrogen) atoms. The molecule has 5 heteroatoms. The third-order valence-electron chi connectivity index (χ3n) is 5.37.